The van der Waals surface area contributed by atoms with Gasteiger partial charge in [-0.15, -0.1) is 0 Å². The number of ether oxygens (including phenoxy) is 1. The van der Waals surface area contributed by atoms with E-state index < -0.39 is 32.7 Å². The number of amides is 1. The molecule has 2 aliphatic rings. The molecule has 1 amide bonds. The summed E-state index contributed by atoms with van der Waals surface area (Å²) in [5.74, 6) is -0.546. The standard InChI is InChI=1S/C26H33FN4O4S/c1-18(21-11-5-6-12-22(21)27)28-25-29-36(33,34)23(26(2,3)35-25)19-9-7-10-20(17-19)24(32)31-14-8-13-30(4)15-16-31/h5-7,9-12,17-18,23H,8,13-16H2,1-4H3,(H,28,29). The molecule has 0 saturated carbocycles. The Morgan fingerprint density at radius 3 is 2.61 bits per heavy atom. The van der Waals surface area contributed by atoms with Gasteiger partial charge in [0, 0.05) is 30.8 Å². The normalized spacial score (nSPS) is 23.9. The van der Waals surface area contributed by atoms with Crippen LogP contribution in [0, 0.1) is 5.82 Å². The maximum Gasteiger partial charge on any atom is 0.299 e. The van der Waals surface area contributed by atoms with Gasteiger partial charge in [-0.25, -0.2) is 22.5 Å². The first kappa shape index (κ1) is 26.1. The van der Waals surface area contributed by atoms with Crippen LogP contribution in [0.2, 0.25) is 0 Å². The topological polar surface area (TPSA) is 91.3 Å². The van der Waals surface area contributed by atoms with Gasteiger partial charge in [0.25, 0.3) is 11.9 Å². The molecule has 0 aliphatic carbocycles. The molecule has 1 N–H and O–H groups in total. The zero-order valence-corrected chi connectivity index (χ0v) is 21.9. The third kappa shape index (κ3) is 5.54. The minimum absolute atomic E-state index is 0.118. The fourth-order valence-electron chi connectivity index (χ4n) is 4.84. The molecule has 2 atom stereocenters. The predicted molar refractivity (Wildman–Crippen MR) is 137 cm³/mol. The van der Waals surface area contributed by atoms with Crippen LogP contribution >= 0.6 is 0 Å². The lowest BCUT2D eigenvalue weighted by Gasteiger charge is -2.39. The molecule has 4 rings (SSSR count). The van der Waals surface area contributed by atoms with Gasteiger partial charge in [0.05, 0.1) is 6.04 Å². The average Bonchev–Trinajstić information content (AvgIpc) is 3.01. The van der Waals surface area contributed by atoms with Crippen LogP contribution in [-0.2, 0) is 14.8 Å². The summed E-state index contributed by atoms with van der Waals surface area (Å²) >= 11 is 0. The highest BCUT2D eigenvalue weighted by Gasteiger charge is 2.48. The molecule has 36 heavy (non-hydrogen) atoms. The Morgan fingerprint density at radius 1 is 1.14 bits per heavy atom. The van der Waals surface area contributed by atoms with Crippen LogP contribution < -0.4 is 4.72 Å². The number of carbonyl (C=O) groups excluding carboxylic acids is 1. The van der Waals surface area contributed by atoms with Gasteiger partial charge >= 0.3 is 0 Å². The number of amidine groups is 1. The van der Waals surface area contributed by atoms with E-state index in [0.29, 0.717) is 29.8 Å². The molecular formula is C26H33FN4O4S. The number of carbonyl (C=O) groups is 1. The minimum atomic E-state index is -3.98. The summed E-state index contributed by atoms with van der Waals surface area (Å²) in [5, 5.41) is -1.09. The predicted octanol–water partition coefficient (Wildman–Crippen LogP) is 3.49. The van der Waals surface area contributed by atoms with Crippen LogP contribution in [0.5, 0.6) is 0 Å². The second-order valence-electron chi connectivity index (χ2n) is 9.94. The molecule has 0 bridgehead atoms. The Bertz CT molecular complexity index is 1260. The van der Waals surface area contributed by atoms with E-state index >= 15 is 0 Å². The summed E-state index contributed by atoms with van der Waals surface area (Å²) in [6.07, 6.45) is 0.886. The summed E-state index contributed by atoms with van der Waals surface area (Å²) in [6.45, 7) is 8.00. The van der Waals surface area contributed by atoms with Gasteiger partial charge in [0.15, 0.2) is 0 Å². The second-order valence-corrected chi connectivity index (χ2v) is 11.7. The first-order valence-corrected chi connectivity index (χ1v) is 13.6. The summed E-state index contributed by atoms with van der Waals surface area (Å²) in [7, 11) is -1.95. The summed E-state index contributed by atoms with van der Waals surface area (Å²) < 4.78 is 49.4. The highest BCUT2D eigenvalue weighted by molar-refractivity contribution is 7.90. The molecule has 2 aromatic carbocycles. The van der Waals surface area contributed by atoms with Crippen molar-refractivity contribution < 1.29 is 22.3 Å². The molecule has 2 saturated heterocycles. The van der Waals surface area contributed by atoms with E-state index in [1.807, 2.05) is 11.9 Å². The van der Waals surface area contributed by atoms with Crippen molar-refractivity contribution >= 4 is 22.0 Å². The molecule has 2 heterocycles. The van der Waals surface area contributed by atoms with Crippen molar-refractivity contribution in [2.75, 3.05) is 33.2 Å². The monoisotopic (exact) mass is 516 g/mol. The number of hydrogen-bond acceptors (Lipinski definition) is 6. The van der Waals surface area contributed by atoms with Crippen LogP contribution in [0.4, 0.5) is 4.39 Å². The Kier molecular flexibility index (Phi) is 7.38. The first-order valence-electron chi connectivity index (χ1n) is 12.1. The largest absolute Gasteiger partial charge is 0.457 e. The molecule has 8 nitrogen and oxygen atoms in total. The van der Waals surface area contributed by atoms with Gasteiger partial charge in [-0.2, -0.15) is 0 Å². The number of hydrogen-bond donors (Lipinski definition) is 1. The SMILES string of the molecule is CC(N=C1NS(=O)(=O)C(c2cccc(C(=O)N3CCCN(C)CC3)c2)C(C)(C)O1)c1ccccc1F. The Morgan fingerprint density at radius 2 is 1.89 bits per heavy atom. The van der Waals surface area contributed by atoms with E-state index in [1.54, 1.807) is 63.2 Å². The van der Waals surface area contributed by atoms with Crippen molar-refractivity contribution in [3.8, 4) is 0 Å². The van der Waals surface area contributed by atoms with Crippen molar-refractivity contribution in [1.29, 1.82) is 0 Å². The number of nitrogens with zero attached hydrogens (tertiary/aromatic N) is 3. The number of benzene rings is 2. The Balaban J connectivity index is 1.59. The van der Waals surface area contributed by atoms with Gasteiger partial charge in [-0.05, 0) is 64.5 Å². The fourth-order valence-corrected chi connectivity index (χ4v) is 6.59. The van der Waals surface area contributed by atoms with Gasteiger partial charge < -0.3 is 14.5 Å². The molecule has 2 aromatic rings. The first-order chi connectivity index (χ1) is 17.0. The van der Waals surface area contributed by atoms with Crippen LogP contribution in [0.15, 0.2) is 53.5 Å². The molecule has 2 unspecified atom stereocenters. The summed E-state index contributed by atoms with van der Waals surface area (Å²) in [5.41, 5.74) is 0.0195. The van der Waals surface area contributed by atoms with E-state index in [1.165, 1.54) is 6.07 Å². The van der Waals surface area contributed by atoms with E-state index in [-0.39, 0.29) is 11.9 Å². The molecule has 0 aromatic heterocycles. The van der Waals surface area contributed by atoms with E-state index in [0.717, 1.165) is 19.5 Å². The zero-order valence-electron chi connectivity index (χ0n) is 21.1. The van der Waals surface area contributed by atoms with Crippen molar-refractivity contribution in [1.82, 2.24) is 14.5 Å². The number of nitrogens with one attached hydrogen (secondary N) is 1. The number of rotatable bonds is 4. The third-order valence-electron chi connectivity index (χ3n) is 6.64. The van der Waals surface area contributed by atoms with E-state index in [9.17, 15) is 17.6 Å². The highest BCUT2D eigenvalue weighted by atomic mass is 32.2. The zero-order chi connectivity index (χ0) is 26.1. The van der Waals surface area contributed by atoms with Crippen molar-refractivity contribution in [3.05, 3.63) is 71.0 Å². The van der Waals surface area contributed by atoms with E-state index in [4.69, 9.17) is 4.74 Å². The number of aliphatic imine (C=N–C) groups is 1. The Labute approximate surface area is 212 Å². The van der Waals surface area contributed by atoms with Gasteiger partial charge in [0.1, 0.15) is 16.7 Å². The van der Waals surface area contributed by atoms with Crippen LogP contribution in [0.3, 0.4) is 0 Å². The van der Waals surface area contributed by atoms with Gasteiger partial charge in [-0.3, -0.25) is 4.79 Å². The Hall–Kier alpha value is -2.98. The van der Waals surface area contributed by atoms with Gasteiger partial charge in [-0.1, -0.05) is 30.3 Å². The molecule has 0 radical (unpaired) electrons. The maximum absolute atomic E-state index is 14.2. The lowest BCUT2D eigenvalue weighted by atomic mass is 9.95. The lowest BCUT2D eigenvalue weighted by molar-refractivity contribution is 0.0742. The van der Waals surface area contributed by atoms with Crippen molar-refractivity contribution in [2.24, 2.45) is 4.99 Å². The lowest BCUT2D eigenvalue weighted by Crippen LogP contribution is -2.53. The fraction of sp³-hybridized carbons (Fsp3) is 0.462. The smallest absolute Gasteiger partial charge is 0.299 e. The van der Waals surface area contributed by atoms with Gasteiger partial charge in [0.2, 0.25) is 10.0 Å². The molecule has 10 heteroatoms. The van der Waals surface area contributed by atoms with Crippen LogP contribution in [0.1, 0.15) is 60.0 Å². The van der Waals surface area contributed by atoms with E-state index in [2.05, 4.69) is 14.6 Å². The molecule has 0 spiro atoms. The van der Waals surface area contributed by atoms with Crippen molar-refractivity contribution in [2.45, 2.75) is 44.1 Å². The molecule has 2 fully saturated rings. The molecular weight excluding hydrogens is 483 g/mol. The average molecular weight is 517 g/mol. The quantitative estimate of drug-likeness (QED) is 0.672. The highest BCUT2D eigenvalue weighted by Crippen LogP contribution is 2.39. The summed E-state index contributed by atoms with van der Waals surface area (Å²) in [6, 6.07) is 12.1. The van der Waals surface area contributed by atoms with Crippen molar-refractivity contribution in [3.63, 3.8) is 0 Å². The third-order valence-corrected chi connectivity index (χ3v) is 8.56. The summed E-state index contributed by atoms with van der Waals surface area (Å²) in [4.78, 5) is 21.5. The van der Waals surface area contributed by atoms with Crippen LogP contribution in [-0.4, -0.2) is 69.0 Å². The maximum atomic E-state index is 14.2. The molecule has 2 aliphatic heterocycles. The minimum Gasteiger partial charge on any atom is -0.457 e. The number of sulfonamides is 1. The molecule has 194 valence electrons. The number of likely N-dealkylation sites (N-methyl/N-ethyl adjacent to an activating group) is 1. The second kappa shape index (κ2) is 10.2. The number of halogens is 1. The van der Waals surface area contributed by atoms with Crippen LogP contribution in [0.25, 0.3) is 0 Å².